The van der Waals surface area contributed by atoms with Crippen LogP contribution in [0.5, 0.6) is 0 Å². The zero-order chi connectivity index (χ0) is 10.0. The molecule has 1 rings (SSSR count). The number of carbonyl (C=O) groups is 1. The first kappa shape index (κ1) is 10.4. The van der Waals surface area contributed by atoms with Crippen molar-refractivity contribution in [1.29, 1.82) is 0 Å². The molecule has 0 saturated carbocycles. The molecule has 0 aromatic heterocycles. The van der Waals surface area contributed by atoms with E-state index >= 15 is 0 Å². The van der Waals surface area contributed by atoms with Gasteiger partial charge in [0.15, 0.2) is 0 Å². The summed E-state index contributed by atoms with van der Waals surface area (Å²) in [7, 11) is -0.693. The van der Waals surface area contributed by atoms with Gasteiger partial charge < -0.3 is 5.32 Å². The number of carbonyl (C=O) groups excluding carboxylic acids is 1. The lowest BCUT2D eigenvalue weighted by Gasteiger charge is -2.26. The highest BCUT2D eigenvalue weighted by Gasteiger charge is 2.26. The third-order valence-electron chi connectivity index (χ3n) is 2.20. The van der Waals surface area contributed by atoms with Gasteiger partial charge in [0.2, 0.25) is 5.91 Å². The quantitative estimate of drug-likeness (QED) is 0.665. The SMILES string of the molecule is CC(C)=C(C)C(=O)NC1CS(=O)C1. The van der Waals surface area contributed by atoms with Crippen LogP contribution in [0.3, 0.4) is 0 Å². The molecule has 1 amide bonds. The van der Waals surface area contributed by atoms with Gasteiger partial charge in [-0.25, -0.2) is 0 Å². The lowest BCUT2D eigenvalue weighted by molar-refractivity contribution is -0.118. The number of amides is 1. The van der Waals surface area contributed by atoms with E-state index in [4.69, 9.17) is 0 Å². The average Bonchev–Trinajstić information content (AvgIpc) is 2.00. The molecule has 1 aliphatic heterocycles. The molecule has 1 aliphatic rings. The van der Waals surface area contributed by atoms with Crippen LogP contribution in [0.2, 0.25) is 0 Å². The maximum absolute atomic E-state index is 11.4. The molecule has 1 saturated heterocycles. The molecule has 0 bridgehead atoms. The first-order valence-corrected chi connectivity index (χ1v) is 5.79. The molecule has 0 spiro atoms. The zero-order valence-corrected chi connectivity index (χ0v) is 9.03. The van der Waals surface area contributed by atoms with E-state index in [-0.39, 0.29) is 11.9 Å². The van der Waals surface area contributed by atoms with Crippen LogP contribution in [0, 0.1) is 0 Å². The number of allylic oxidation sites excluding steroid dienone is 1. The zero-order valence-electron chi connectivity index (χ0n) is 8.22. The predicted octanol–water partition coefficient (Wildman–Crippen LogP) is 0.590. The summed E-state index contributed by atoms with van der Waals surface area (Å²) in [5.41, 5.74) is 1.79. The van der Waals surface area contributed by atoms with Gasteiger partial charge in [-0.1, -0.05) is 5.57 Å². The van der Waals surface area contributed by atoms with E-state index in [1.807, 2.05) is 13.8 Å². The van der Waals surface area contributed by atoms with Crippen LogP contribution in [-0.4, -0.2) is 27.7 Å². The molecule has 13 heavy (non-hydrogen) atoms. The van der Waals surface area contributed by atoms with Gasteiger partial charge >= 0.3 is 0 Å². The summed E-state index contributed by atoms with van der Waals surface area (Å²) in [6, 6.07) is 0.127. The maximum Gasteiger partial charge on any atom is 0.247 e. The Kier molecular flexibility index (Phi) is 3.25. The third kappa shape index (κ3) is 2.66. The Morgan fingerprint density at radius 3 is 2.23 bits per heavy atom. The van der Waals surface area contributed by atoms with E-state index in [1.165, 1.54) is 0 Å². The molecule has 0 atom stereocenters. The lowest BCUT2D eigenvalue weighted by Crippen LogP contribution is -2.50. The normalized spacial score (nSPS) is 26.1. The average molecular weight is 201 g/mol. The van der Waals surface area contributed by atoms with E-state index in [0.29, 0.717) is 11.5 Å². The van der Waals surface area contributed by atoms with Crippen LogP contribution in [0.4, 0.5) is 0 Å². The van der Waals surface area contributed by atoms with E-state index < -0.39 is 10.8 Å². The first-order chi connectivity index (χ1) is 6.00. The highest BCUT2D eigenvalue weighted by molar-refractivity contribution is 7.86. The second-order valence-electron chi connectivity index (χ2n) is 3.57. The van der Waals surface area contributed by atoms with Crippen LogP contribution in [0.25, 0.3) is 0 Å². The highest BCUT2D eigenvalue weighted by Crippen LogP contribution is 2.08. The van der Waals surface area contributed by atoms with Gasteiger partial charge in [0.05, 0.1) is 6.04 Å². The summed E-state index contributed by atoms with van der Waals surface area (Å²) in [6.07, 6.45) is 0. The Hall–Kier alpha value is -0.640. The van der Waals surface area contributed by atoms with Crippen molar-refractivity contribution in [2.24, 2.45) is 0 Å². The minimum absolute atomic E-state index is 0.0262. The van der Waals surface area contributed by atoms with Crippen molar-refractivity contribution in [1.82, 2.24) is 5.32 Å². The van der Waals surface area contributed by atoms with Gasteiger partial charge in [-0.15, -0.1) is 0 Å². The topological polar surface area (TPSA) is 46.2 Å². The molecule has 0 aliphatic carbocycles. The summed E-state index contributed by atoms with van der Waals surface area (Å²) >= 11 is 0. The number of hydrogen-bond acceptors (Lipinski definition) is 2. The Labute approximate surface area is 81.0 Å². The van der Waals surface area contributed by atoms with Crippen LogP contribution >= 0.6 is 0 Å². The monoisotopic (exact) mass is 201 g/mol. The summed E-state index contributed by atoms with van der Waals surface area (Å²) < 4.78 is 10.7. The molecule has 1 N–H and O–H groups in total. The highest BCUT2D eigenvalue weighted by atomic mass is 32.2. The molecule has 0 aromatic rings. The first-order valence-electron chi connectivity index (χ1n) is 4.30. The Balaban J connectivity index is 2.43. The molecule has 74 valence electrons. The summed E-state index contributed by atoms with van der Waals surface area (Å²) in [5.74, 6) is 1.20. The smallest absolute Gasteiger partial charge is 0.247 e. The fourth-order valence-corrected chi connectivity index (χ4v) is 1.97. The largest absolute Gasteiger partial charge is 0.348 e. The van der Waals surface area contributed by atoms with Gasteiger partial charge in [-0.3, -0.25) is 9.00 Å². The van der Waals surface area contributed by atoms with Gasteiger partial charge in [-0.2, -0.15) is 0 Å². The second-order valence-corrected chi connectivity index (χ2v) is 5.11. The molecule has 3 nitrogen and oxygen atoms in total. The van der Waals surface area contributed by atoms with Gasteiger partial charge in [0.25, 0.3) is 0 Å². The van der Waals surface area contributed by atoms with Crippen LogP contribution < -0.4 is 5.32 Å². The minimum Gasteiger partial charge on any atom is -0.348 e. The summed E-state index contributed by atoms with van der Waals surface area (Å²) in [4.78, 5) is 11.4. The van der Waals surface area contributed by atoms with Crippen molar-refractivity contribution in [3.63, 3.8) is 0 Å². The van der Waals surface area contributed by atoms with Crippen molar-refractivity contribution in [3.8, 4) is 0 Å². The van der Waals surface area contributed by atoms with E-state index in [1.54, 1.807) is 6.92 Å². The summed E-state index contributed by atoms with van der Waals surface area (Å²) in [5, 5.41) is 2.84. The fourth-order valence-electron chi connectivity index (χ4n) is 1.00. The van der Waals surface area contributed by atoms with E-state index in [2.05, 4.69) is 5.32 Å². The van der Waals surface area contributed by atoms with Gasteiger partial charge in [-0.05, 0) is 20.8 Å². The van der Waals surface area contributed by atoms with Crippen molar-refractivity contribution < 1.29 is 9.00 Å². The predicted molar refractivity (Wildman–Crippen MR) is 53.9 cm³/mol. The van der Waals surface area contributed by atoms with Crippen molar-refractivity contribution >= 4 is 16.7 Å². The van der Waals surface area contributed by atoms with Crippen molar-refractivity contribution in [2.75, 3.05) is 11.5 Å². The van der Waals surface area contributed by atoms with Crippen LogP contribution in [0.15, 0.2) is 11.1 Å². The van der Waals surface area contributed by atoms with E-state index in [9.17, 15) is 9.00 Å². The lowest BCUT2D eigenvalue weighted by atomic mass is 10.1. The molecule has 1 fully saturated rings. The maximum atomic E-state index is 11.4. The molecule has 0 unspecified atom stereocenters. The summed E-state index contributed by atoms with van der Waals surface area (Å²) in [6.45, 7) is 5.63. The van der Waals surface area contributed by atoms with Gasteiger partial charge in [0.1, 0.15) is 0 Å². The van der Waals surface area contributed by atoms with Crippen LogP contribution in [-0.2, 0) is 15.6 Å². The van der Waals surface area contributed by atoms with Crippen molar-refractivity contribution in [3.05, 3.63) is 11.1 Å². The van der Waals surface area contributed by atoms with Crippen LogP contribution in [0.1, 0.15) is 20.8 Å². The molecular formula is C9H15NO2S. The second kappa shape index (κ2) is 4.05. The third-order valence-corrected chi connectivity index (χ3v) is 3.75. The number of hydrogen-bond donors (Lipinski definition) is 1. The standard InChI is InChI=1S/C9H15NO2S/c1-6(2)7(3)9(11)10-8-4-13(12)5-8/h8H,4-5H2,1-3H3,(H,10,11). The molecule has 0 aromatic carbocycles. The molecule has 1 heterocycles. The number of rotatable bonds is 2. The Morgan fingerprint density at radius 1 is 1.31 bits per heavy atom. The van der Waals surface area contributed by atoms with E-state index in [0.717, 1.165) is 11.1 Å². The number of nitrogens with one attached hydrogen (secondary N) is 1. The van der Waals surface area contributed by atoms with Gasteiger partial charge in [0, 0.05) is 27.9 Å². The Bertz CT molecular complexity index is 271. The Morgan fingerprint density at radius 2 is 1.85 bits per heavy atom. The molecule has 0 radical (unpaired) electrons. The molecule has 4 heteroatoms. The van der Waals surface area contributed by atoms with Crippen molar-refractivity contribution in [2.45, 2.75) is 26.8 Å². The fraction of sp³-hybridized carbons (Fsp3) is 0.667. The molecular weight excluding hydrogens is 186 g/mol. The minimum atomic E-state index is -0.693.